The summed E-state index contributed by atoms with van der Waals surface area (Å²) in [4.78, 5) is 39.2. The fourth-order valence-corrected chi connectivity index (χ4v) is 3.41. The molecule has 0 aliphatic rings. The zero-order chi connectivity index (χ0) is 19.1. The SMILES string of the molecule is CC(=O)Nc1cc(C(=O)COC(=O)CSCc2csc(C)n2)ccc1O. The molecule has 2 aromatic rings. The number of hydrogen-bond acceptors (Lipinski definition) is 8. The number of benzene rings is 1. The minimum absolute atomic E-state index is 0.122. The number of aromatic hydroxyl groups is 1. The third-order valence-corrected chi connectivity index (χ3v) is 4.89. The van der Waals surface area contributed by atoms with Crippen molar-refractivity contribution in [2.75, 3.05) is 17.7 Å². The van der Waals surface area contributed by atoms with Crippen LogP contribution >= 0.6 is 23.1 Å². The first-order valence-electron chi connectivity index (χ1n) is 7.63. The Bertz CT molecular complexity index is 819. The Morgan fingerprint density at radius 3 is 2.77 bits per heavy atom. The van der Waals surface area contributed by atoms with Crippen LogP contribution in [0.5, 0.6) is 5.75 Å². The number of anilines is 1. The number of thiazole rings is 1. The molecule has 0 spiro atoms. The van der Waals surface area contributed by atoms with Crippen LogP contribution in [0.2, 0.25) is 0 Å². The normalized spacial score (nSPS) is 10.4. The third kappa shape index (κ3) is 6.16. The number of ketones is 1. The van der Waals surface area contributed by atoms with E-state index >= 15 is 0 Å². The Kier molecular flexibility index (Phi) is 7.16. The van der Waals surface area contributed by atoms with Crippen LogP contribution in [0.25, 0.3) is 0 Å². The molecular formula is C17H18N2O5S2. The number of carbonyl (C=O) groups excluding carboxylic acids is 3. The van der Waals surface area contributed by atoms with E-state index in [0.29, 0.717) is 5.75 Å². The molecular weight excluding hydrogens is 376 g/mol. The highest BCUT2D eigenvalue weighted by molar-refractivity contribution is 7.99. The summed E-state index contributed by atoms with van der Waals surface area (Å²) in [6.45, 7) is 2.80. The average Bonchev–Trinajstić information content (AvgIpc) is 2.99. The monoisotopic (exact) mass is 394 g/mol. The molecule has 1 aromatic heterocycles. The number of phenolic OH excluding ortho intramolecular Hbond substituents is 1. The van der Waals surface area contributed by atoms with Crippen LogP contribution in [-0.4, -0.2) is 40.1 Å². The molecule has 0 fully saturated rings. The lowest BCUT2D eigenvalue weighted by atomic mass is 10.1. The number of hydrogen-bond donors (Lipinski definition) is 2. The molecule has 0 atom stereocenters. The summed E-state index contributed by atoms with van der Waals surface area (Å²) in [5.41, 5.74) is 1.27. The van der Waals surface area contributed by atoms with Gasteiger partial charge in [-0.25, -0.2) is 4.98 Å². The molecule has 9 heteroatoms. The van der Waals surface area contributed by atoms with Crippen LogP contribution in [0, 0.1) is 6.92 Å². The zero-order valence-electron chi connectivity index (χ0n) is 14.3. The number of rotatable bonds is 8. The molecule has 26 heavy (non-hydrogen) atoms. The van der Waals surface area contributed by atoms with E-state index in [-0.39, 0.29) is 28.7 Å². The summed E-state index contributed by atoms with van der Waals surface area (Å²) in [7, 11) is 0. The maximum Gasteiger partial charge on any atom is 0.316 e. The van der Waals surface area contributed by atoms with Crippen molar-refractivity contribution in [2.24, 2.45) is 0 Å². The number of nitrogens with one attached hydrogen (secondary N) is 1. The number of esters is 1. The van der Waals surface area contributed by atoms with Crippen molar-refractivity contribution in [3.05, 3.63) is 39.8 Å². The fraction of sp³-hybridized carbons (Fsp3) is 0.294. The molecule has 0 aliphatic carbocycles. The molecule has 0 saturated carbocycles. The maximum atomic E-state index is 12.1. The molecule has 7 nitrogen and oxygen atoms in total. The molecule has 0 aliphatic heterocycles. The first-order chi connectivity index (χ1) is 12.3. The highest BCUT2D eigenvalue weighted by atomic mass is 32.2. The summed E-state index contributed by atoms with van der Waals surface area (Å²) in [5.74, 6) is -0.713. The van der Waals surface area contributed by atoms with Crippen LogP contribution in [0.3, 0.4) is 0 Å². The zero-order valence-corrected chi connectivity index (χ0v) is 15.9. The van der Waals surface area contributed by atoms with Gasteiger partial charge < -0.3 is 15.2 Å². The van der Waals surface area contributed by atoms with Gasteiger partial charge in [0.15, 0.2) is 12.4 Å². The first-order valence-corrected chi connectivity index (χ1v) is 9.66. The van der Waals surface area contributed by atoms with Crippen molar-refractivity contribution in [1.29, 1.82) is 0 Å². The number of ether oxygens (including phenoxy) is 1. The largest absolute Gasteiger partial charge is 0.506 e. The molecule has 1 amide bonds. The van der Waals surface area contributed by atoms with Crippen LogP contribution in [-0.2, 0) is 20.1 Å². The van der Waals surface area contributed by atoms with Crippen molar-refractivity contribution in [3.8, 4) is 5.75 Å². The van der Waals surface area contributed by atoms with E-state index in [1.165, 1.54) is 36.9 Å². The first kappa shape index (κ1) is 19.9. The summed E-state index contributed by atoms with van der Waals surface area (Å²) in [6, 6.07) is 4.04. The van der Waals surface area contributed by atoms with Gasteiger partial charge in [0, 0.05) is 23.6 Å². The molecule has 1 heterocycles. The lowest BCUT2D eigenvalue weighted by molar-refractivity contribution is -0.139. The van der Waals surface area contributed by atoms with Gasteiger partial charge in [0.25, 0.3) is 0 Å². The number of amides is 1. The summed E-state index contributed by atoms with van der Waals surface area (Å²) in [5, 5.41) is 15.0. The number of nitrogens with zero attached hydrogens (tertiary/aromatic N) is 1. The Hall–Kier alpha value is -2.39. The Labute approximate surface area is 158 Å². The van der Waals surface area contributed by atoms with Crippen LogP contribution in [0.1, 0.15) is 28.0 Å². The second-order valence-corrected chi connectivity index (χ2v) is 7.40. The number of phenols is 1. The van der Waals surface area contributed by atoms with Crippen LogP contribution in [0.15, 0.2) is 23.6 Å². The Balaban J connectivity index is 1.80. The molecule has 2 N–H and O–H groups in total. The van der Waals surface area contributed by atoms with E-state index in [4.69, 9.17) is 4.74 Å². The molecule has 0 radical (unpaired) electrons. The summed E-state index contributed by atoms with van der Waals surface area (Å²) in [6.07, 6.45) is 0. The lowest BCUT2D eigenvalue weighted by Gasteiger charge is -2.08. The van der Waals surface area contributed by atoms with Gasteiger partial charge in [-0.05, 0) is 25.1 Å². The van der Waals surface area contributed by atoms with Crippen molar-refractivity contribution in [2.45, 2.75) is 19.6 Å². The van der Waals surface area contributed by atoms with Crippen LogP contribution < -0.4 is 5.32 Å². The number of aryl methyl sites for hydroxylation is 1. The van der Waals surface area contributed by atoms with Gasteiger partial charge in [-0.1, -0.05) is 0 Å². The van der Waals surface area contributed by atoms with E-state index in [0.717, 1.165) is 10.7 Å². The highest BCUT2D eigenvalue weighted by Gasteiger charge is 2.13. The minimum atomic E-state index is -0.490. The minimum Gasteiger partial charge on any atom is -0.506 e. The molecule has 0 unspecified atom stereocenters. The van der Waals surface area contributed by atoms with Gasteiger partial charge in [-0.2, -0.15) is 0 Å². The van der Waals surface area contributed by atoms with E-state index in [1.807, 2.05) is 12.3 Å². The number of aromatic nitrogens is 1. The number of carbonyl (C=O) groups is 3. The van der Waals surface area contributed by atoms with E-state index in [9.17, 15) is 19.5 Å². The van der Waals surface area contributed by atoms with Gasteiger partial charge in [-0.3, -0.25) is 14.4 Å². The molecule has 2 rings (SSSR count). The number of thioether (sulfide) groups is 1. The predicted octanol–water partition coefficient (Wildman–Crippen LogP) is 2.77. The second kappa shape index (κ2) is 9.35. The molecule has 0 bridgehead atoms. The smallest absolute Gasteiger partial charge is 0.316 e. The third-order valence-electron chi connectivity index (χ3n) is 3.13. The van der Waals surface area contributed by atoms with Crippen molar-refractivity contribution < 1.29 is 24.2 Å². The number of Topliss-reactive ketones (excluding diaryl/α,β-unsaturated/α-hetero) is 1. The van der Waals surface area contributed by atoms with E-state index in [1.54, 1.807) is 11.3 Å². The quantitative estimate of drug-likeness (QED) is 0.403. The fourth-order valence-electron chi connectivity index (χ4n) is 1.98. The van der Waals surface area contributed by atoms with Gasteiger partial charge >= 0.3 is 5.97 Å². The van der Waals surface area contributed by atoms with Gasteiger partial charge in [0.2, 0.25) is 5.91 Å². The van der Waals surface area contributed by atoms with Crippen molar-refractivity contribution >= 4 is 46.4 Å². The van der Waals surface area contributed by atoms with E-state index in [2.05, 4.69) is 10.3 Å². The second-order valence-electron chi connectivity index (χ2n) is 5.35. The molecule has 1 aromatic carbocycles. The van der Waals surface area contributed by atoms with Gasteiger partial charge in [0.05, 0.1) is 22.1 Å². The van der Waals surface area contributed by atoms with Gasteiger partial charge in [-0.15, -0.1) is 23.1 Å². The standard InChI is InChI=1S/C17H18N2O5S2/c1-10(20)18-14-5-12(3-4-15(14)21)16(22)6-24-17(23)9-25-7-13-8-26-11(2)19-13/h3-5,8,21H,6-7,9H2,1-2H3,(H,18,20). The lowest BCUT2D eigenvalue weighted by Crippen LogP contribution is -2.16. The average molecular weight is 394 g/mol. The highest BCUT2D eigenvalue weighted by Crippen LogP contribution is 2.24. The summed E-state index contributed by atoms with van der Waals surface area (Å²) >= 11 is 2.92. The Morgan fingerprint density at radius 2 is 2.12 bits per heavy atom. The maximum absolute atomic E-state index is 12.1. The topological polar surface area (TPSA) is 106 Å². The van der Waals surface area contributed by atoms with Crippen molar-refractivity contribution in [3.63, 3.8) is 0 Å². The van der Waals surface area contributed by atoms with Crippen LogP contribution in [0.4, 0.5) is 5.69 Å². The van der Waals surface area contributed by atoms with E-state index < -0.39 is 18.4 Å². The predicted molar refractivity (Wildman–Crippen MR) is 101 cm³/mol. The Morgan fingerprint density at radius 1 is 1.35 bits per heavy atom. The van der Waals surface area contributed by atoms with Crippen molar-refractivity contribution in [1.82, 2.24) is 4.98 Å². The molecule has 0 saturated heterocycles. The summed E-state index contributed by atoms with van der Waals surface area (Å²) < 4.78 is 4.98. The molecule has 138 valence electrons. The van der Waals surface area contributed by atoms with Gasteiger partial charge in [0.1, 0.15) is 5.75 Å².